The fraction of sp³-hybridized carbons (Fsp3) is 0.500. The second-order valence-corrected chi connectivity index (χ2v) is 0.762. The van der Waals surface area contributed by atoms with E-state index in [0.29, 0.717) is 0 Å². The van der Waals surface area contributed by atoms with Crippen molar-refractivity contribution in [3.63, 3.8) is 0 Å². The van der Waals surface area contributed by atoms with Gasteiger partial charge < -0.3 is 9.40 Å². The Labute approximate surface area is 56.5 Å². The summed E-state index contributed by atoms with van der Waals surface area (Å²) in [5, 5.41) is 7.78. The van der Waals surface area contributed by atoms with Crippen LogP contribution in [0.1, 0.15) is 0 Å². The Morgan fingerprint density at radius 1 is 1.86 bits per heavy atom. The number of rotatable bonds is 1. The molecule has 0 unspecified atom stereocenters. The third-order valence-corrected chi connectivity index (χ3v) is 0.387. The summed E-state index contributed by atoms with van der Waals surface area (Å²) >= 11 is 4.44. The highest BCUT2D eigenvalue weighted by atomic mass is 35.5. The van der Waals surface area contributed by atoms with Crippen LogP contribution >= 0.6 is 11.9 Å². The highest BCUT2D eigenvalue weighted by molar-refractivity contribution is 6.13. The van der Waals surface area contributed by atoms with Crippen LogP contribution < -0.4 is 0 Å². The summed E-state index contributed by atoms with van der Waals surface area (Å²) in [6, 6.07) is 0. The molecule has 1 N–H and O–H groups in total. The number of carbonyl (C=O) groups excluding carboxylic acids is 1. The first-order valence-corrected chi connectivity index (χ1v) is 1.54. The summed E-state index contributed by atoms with van der Waals surface area (Å²) in [6.45, 7) is -0.663. The first-order chi connectivity index (χ1) is 2.81. The Hall–Kier alpha value is 0.252. The van der Waals surface area contributed by atoms with E-state index in [9.17, 15) is 4.79 Å². The fourth-order valence-corrected chi connectivity index (χ4v) is 0.0732. The van der Waals surface area contributed by atoms with Crippen LogP contribution in [0.4, 0.5) is 0 Å². The Bertz CT molecular complexity index is 50.9. The molecule has 0 amide bonds. The van der Waals surface area contributed by atoms with Gasteiger partial charge in [-0.2, -0.15) is 0 Å². The second kappa shape index (κ2) is 6.25. The molecule has 5 heteroatoms. The molecule has 0 radical (unpaired) electrons. The fourth-order valence-electron chi connectivity index (χ4n) is 0.0244. The minimum atomic E-state index is -0.836. The van der Waals surface area contributed by atoms with Gasteiger partial charge in [0.1, 0.15) is 18.5 Å². The Kier molecular flexibility index (Phi) is 9.18. The second-order valence-electron chi connectivity index (χ2n) is 0.607. The van der Waals surface area contributed by atoms with Gasteiger partial charge in [0.2, 0.25) is 0 Å². The molecule has 0 fully saturated rings. The lowest BCUT2D eigenvalue weighted by molar-refractivity contribution is -0.136. The average molecular weight is 141 g/mol. The van der Waals surface area contributed by atoms with Crippen molar-refractivity contribution in [2.24, 2.45) is 0 Å². The molecular weight excluding hydrogens is 134 g/mol. The van der Waals surface area contributed by atoms with Gasteiger partial charge in [-0.25, -0.2) is 4.79 Å². The summed E-state index contributed by atoms with van der Waals surface area (Å²) in [7, 11) is 0. The van der Waals surface area contributed by atoms with Crippen molar-refractivity contribution in [3.8, 4) is 0 Å². The van der Waals surface area contributed by atoms with Crippen molar-refractivity contribution in [3.05, 3.63) is 0 Å². The van der Waals surface area contributed by atoms with Crippen LogP contribution in [-0.2, 0) is 9.08 Å². The van der Waals surface area contributed by atoms with Crippen molar-refractivity contribution in [1.29, 1.82) is 0 Å². The van der Waals surface area contributed by atoms with Crippen molar-refractivity contribution in [2.45, 2.75) is 0 Å². The van der Waals surface area contributed by atoms with Crippen LogP contribution in [0.3, 0.4) is 0 Å². The number of aliphatic hydroxyl groups excluding tert-OH is 1. The number of halogens is 1. The van der Waals surface area contributed by atoms with Gasteiger partial charge in [-0.3, -0.25) is 0 Å². The lowest BCUT2D eigenvalue weighted by Crippen LogP contribution is -2.01. The monoisotopic (exact) mass is 140 g/mol. The molecule has 7 heavy (non-hydrogen) atoms. The maximum absolute atomic E-state index is 9.58. The van der Waals surface area contributed by atoms with Crippen LogP contribution in [0.25, 0.3) is 0 Å². The molecule has 0 saturated carbocycles. The van der Waals surface area contributed by atoms with Gasteiger partial charge in [0.15, 0.2) is 17.4 Å². The molecule has 0 aromatic carbocycles. The SMILES string of the molecule is O=C(CO)OCl.[AlH3]. The molecule has 0 saturated heterocycles. The van der Waals surface area contributed by atoms with E-state index in [4.69, 9.17) is 5.11 Å². The largest absolute Gasteiger partial charge is 0.385 e. The third kappa shape index (κ3) is 6.25. The normalized spacial score (nSPS) is 6.57. The van der Waals surface area contributed by atoms with Crippen molar-refractivity contribution in [2.75, 3.05) is 6.61 Å². The minimum absolute atomic E-state index is 0. The molecule has 0 aliphatic heterocycles. The summed E-state index contributed by atoms with van der Waals surface area (Å²) in [5.41, 5.74) is 0. The zero-order valence-electron chi connectivity index (χ0n) is 2.85. The van der Waals surface area contributed by atoms with Crippen LogP contribution in [0.15, 0.2) is 0 Å². The molecule has 0 aromatic heterocycles. The number of hydrogen-bond donors (Lipinski definition) is 1. The molecule has 0 aliphatic carbocycles. The average Bonchev–Trinajstić information content (AvgIpc) is 1.65. The minimum Gasteiger partial charge on any atom is -0.385 e. The molecule has 42 valence electrons. The van der Waals surface area contributed by atoms with Gasteiger partial charge in [-0.15, -0.1) is 0 Å². The van der Waals surface area contributed by atoms with E-state index in [0.717, 1.165) is 0 Å². The summed E-state index contributed by atoms with van der Waals surface area (Å²) in [5.74, 6) is -0.836. The molecule has 0 spiro atoms. The number of aliphatic hydroxyl groups is 1. The van der Waals surface area contributed by atoms with Crippen molar-refractivity contribution in [1.82, 2.24) is 0 Å². The van der Waals surface area contributed by atoms with E-state index in [1.807, 2.05) is 0 Å². The smallest absolute Gasteiger partial charge is 0.349 e. The molecule has 0 atom stereocenters. The van der Waals surface area contributed by atoms with Crippen LogP contribution in [0.5, 0.6) is 0 Å². The molecule has 3 nitrogen and oxygen atoms in total. The summed E-state index contributed by atoms with van der Waals surface area (Å²) in [4.78, 5) is 9.58. The lowest BCUT2D eigenvalue weighted by Gasteiger charge is -1.81. The molecule has 0 aromatic rings. The van der Waals surface area contributed by atoms with E-state index in [2.05, 4.69) is 16.2 Å². The summed E-state index contributed by atoms with van der Waals surface area (Å²) < 4.78 is 3.48. The third-order valence-electron chi connectivity index (χ3n) is 0.215. The predicted octanol–water partition coefficient (Wildman–Crippen LogP) is -1.51. The van der Waals surface area contributed by atoms with Gasteiger partial charge in [0.25, 0.3) is 0 Å². The molecule has 0 bridgehead atoms. The quantitative estimate of drug-likeness (QED) is 0.451. The van der Waals surface area contributed by atoms with Crippen molar-refractivity contribution < 1.29 is 14.2 Å². The standard InChI is InChI=1S/C2H3ClO3.Al.3H/c3-6-2(5)1-4;;;;/h4H,1H2;;;;. The maximum atomic E-state index is 9.58. The highest BCUT2D eigenvalue weighted by Crippen LogP contribution is 1.77. The zero-order valence-corrected chi connectivity index (χ0v) is 3.60. The maximum Gasteiger partial charge on any atom is 0.349 e. The number of hydrogen-bond acceptors (Lipinski definition) is 3. The van der Waals surface area contributed by atoms with Crippen LogP contribution in [-0.4, -0.2) is 35.0 Å². The van der Waals surface area contributed by atoms with E-state index < -0.39 is 12.6 Å². The van der Waals surface area contributed by atoms with Gasteiger partial charge in [-0.1, -0.05) is 0 Å². The van der Waals surface area contributed by atoms with Gasteiger partial charge >= 0.3 is 5.97 Å². The molecule has 0 rings (SSSR count). The Morgan fingerprint density at radius 2 is 2.29 bits per heavy atom. The first kappa shape index (κ1) is 10.3. The number of carbonyl (C=O) groups is 1. The van der Waals surface area contributed by atoms with E-state index in [-0.39, 0.29) is 17.4 Å². The van der Waals surface area contributed by atoms with Crippen LogP contribution in [0, 0.1) is 0 Å². The van der Waals surface area contributed by atoms with E-state index >= 15 is 0 Å². The van der Waals surface area contributed by atoms with Gasteiger partial charge in [0.05, 0.1) is 0 Å². The Balaban J connectivity index is 0. The zero-order chi connectivity index (χ0) is 4.99. The van der Waals surface area contributed by atoms with Gasteiger partial charge in [0, 0.05) is 0 Å². The molecular formula is C2H6AlClO3. The topological polar surface area (TPSA) is 46.5 Å². The first-order valence-electron chi connectivity index (χ1n) is 1.23. The lowest BCUT2D eigenvalue weighted by atomic mass is 10.8. The van der Waals surface area contributed by atoms with E-state index in [1.165, 1.54) is 0 Å². The Morgan fingerprint density at radius 3 is 2.29 bits per heavy atom. The van der Waals surface area contributed by atoms with Gasteiger partial charge in [-0.05, 0) is 0 Å². The predicted molar refractivity (Wildman–Crippen MR) is 29.0 cm³/mol. The van der Waals surface area contributed by atoms with Crippen LogP contribution in [0.2, 0.25) is 0 Å². The van der Waals surface area contributed by atoms with E-state index in [1.54, 1.807) is 0 Å². The highest BCUT2D eigenvalue weighted by Gasteiger charge is 1.92. The van der Waals surface area contributed by atoms with Crippen molar-refractivity contribution >= 4 is 35.2 Å². The summed E-state index contributed by atoms with van der Waals surface area (Å²) in [6.07, 6.45) is 0. The molecule has 0 heterocycles. The molecule has 0 aliphatic rings.